The number of rotatable bonds is 7. The van der Waals surface area contributed by atoms with Gasteiger partial charge in [-0.1, -0.05) is 27.7 Å². The van der Waals surface area contributed by atoms with E-state index in [4.69, 9.17) is 20.4 Å². The van der Waals surface area contributed by atoms with E-state index in [1.807, 2.05) is 0 Å². The van der Waals surface area contributed by atoms with E-state index in [0.717, 1.165) is 0 Å². The van der Waals surface area contributed by atoms with Gasteiger partial charge in [0, 0.05) is 6.42 Å². The molecule has 0 aromatic rings. The standard InChI is InChI=1S/C7H12O5.C6H10O3/c1-3(2)4(6(9)10)5(8)7(11)12;1-4(2)3-5(7)6(8)9/h3-5,8H,1-2H3,(H,9,10)(H,11,12);4H,3H2,1-2H3,(H,8,9). The highest BCUT2D eigenvalue weighted by molar-refractivity contribution is 6.32. The molecule has 2 unspecified atom stereocenters. The second kappa shape index (κ2) is 9.87. The van der Waals surface area contributed by atoms with Gasteiger partial charge in [0.25, 0.3) is 0 Å². The van der Waals surface area contributed by atoms with Crippen LogP contribution in [0.4, 0.5) is 0 Å². The summed E-state index contributed by atoms with van der Waals surface area (Å²) in [5.41, 5.74) is 0. The topological polar surface area (TPSA) is 149 Å². The molecule has 0 aliphatic carbocycles. The molecule has 0 amide bonds. The molecule has 0 fully saturated rings. The minimum atomic E-state index is -1.83. The molecular formula is C13H22O8. The third-order valence-corrected chi connectivity index (χ3v) is 2.43. The molecule has 4 N–H and O–H groups in total. The zero-order valence-electron chi connectivity index (χ0n) is 12.4. The molecule has 0 spiro atoms. The summed E-state index contributed by atoms with van der Waals surface area (Å²) in [6.45, 7) is 6.71. The summed E-state index contributed by atoms with van der Waals surface area (Å²) < 4.78 is 0. The van der Waals surface area contributed by atoms with Crippen LogP contribution >= 0.6 is 0 Å². The number of carboxylic acid groups (broad SMARTS) is 3. The summed E-state index contributed by atoms with van der Waals surface area (Å²) >= 11 is 0. The lowest BCUT2D eigenvalue weighted by molar-refractivity contribution is -0.161. The molecule has 0 rings (SSSR count). The van der Waals surface area contributed by atoms with Gasteiger partial charge in [-0.2, -0.15) is 0 Å². The normalized spacial score (nSPS) is 13.1. The van der Waals surface area contributed by atoms with E-state index in [0.29, 0.717) is 0 Å². The number of Topliss-reactive ketones (excluding diaryl/α,β-unsaturated/α-hetero) is 1. The Balaban J connectivity index is 0. The van der Waals surface area contributed by atoms with Gasteiger partial charge in [-0.25, -0.2) is 9.59 Å². The predicted octanol–water partition coefficient (Wildman–Crippen LogP) is 0.475. The zero-order valence-corrected chi connectivity index (χ0v) is 12.4. The van der Waals surface area contributed by atoms with Gasteiger partial charge in [0.1, 0.15) is 0 Å². The molecule has 0 aliphatic rings. The van der Waals surface area contributed by atoms with Crippen LogP contribution in [0.3, 0.4) is 0 Å². The quantitative estimate of drug-likeness (QED) is 0.496. The zero-order chi connectivity index (χ0) is 17.3. The van der Waals surface area contributed by atoms with Gasteiger partial charge in [-0.15, -0.1) is 0 Å². The lowest BCUT2D eigenvalue weighted by Crippen LogP contribution is -2.37. The number of carbonyl (C=O) groups excluding carboxylic acids is 1. The molecule has 21 heavy (non-hydrogen) atoms. The van der Waals surface area contributed by atoms with Crippen molar-refractivity contribution in [2.45, 2.75) is 40.2 Å². The lowest BCUT2D eigenvalue weighted by Gasteiger charge is -2.18. The van der Waals surface area contributed by atoms with Crippen molar-refractivity contribution in [3.63, 3.8) is 0 Å². The Morgan fingerprint density at radius 1 is 0.857 bits per heavy atom. The highest BCUT2D eigenvalue weighted by Crippen LogP contribution is 2.15. The number of aliphatic carboxylic acids is 3. The van der Waals surface area contributed by atoms with Crippen LogP contribution in [0.5, 0.6) is 0 Å². The molecule has 0 aromatic carbocycles. The number of ketones is 1. The minimum Gasteiger partial charge on any atom is -0.481 e. The van der Waals surface area contributed by atoms with Crippen LogP contribution in [-0.4, -0.2) is 50.2 Å². The minimum absolute atomic E-state index is 0.133. The highest BCUT2D eigenvalue weighted by Gasteiger charge is 2.34. The van der Waals surface area contributed by atoms with Gasteiger partial charge >= 0.3 is 17.9 Å². The first-order valence-corrected chi connectivity index (χ1v) is 6.31. The van der Waals surface area contributed by atoms with Crippen LogP contribution in [0.25, 0.3) is 0 Å². The summed E-state index contributed by atoms with van der Waals surface area (Å²) in [4.78, 5) is 40.9. The van der Waals surface area contributed by atoms with Crippen molar-refractivity contribution in [3.05, 3.63) is 0 Å². The van der Waals surface area contributed by atoms with E-state index in [1.165, 1.54) is 0 Å². The monoisotopic (exact) mass is 306 g/mol. The first-order valence-electron chi connectivity index (χ1n) is 6.31. The van der Waals surface area contributed by atoms with Crippen molar-refractivity contribution >= 4 is 23.7 Å². The van der Waals surface area contributed by atoms with Gasteiger partial charge in [-0.05, 0) is 11.8 Å². The molecule has 0 bridgehead atoms. The number of hydrogen-bond acceptors (Lipinski definition) is 5. The van der Waals surface area contributed by atoms with E-state index in [1.54, 1.807) is 27.7 Å². The van der Waals surface area contributed by atoms with E-state index in [2.05, 4.69) is 0 Å². The molecule has 0 heterocycles. The Morgan fingerprint density at radius 2 is 1.29 bits per heavy atom. The summed E-state index contributed by atoms with van der Waals surface area (Å²) in [6.07, 6.45) is -1.70. The van der Waals surface area contributed by atoms with Gasteiger partial charge < -0.3 is 20.4 Å². The van der Waals surface area contributed by atoms with Crippen LogP contribution in [0.15, 0.2) is 0 Å². The molecule has 8 heteroatoms. The molecular weight excluding hydrogens is 284 g/mol. The van der Waals surface area contributed by atoms with Crippen LogP contribution in [0.1, 0.15) is 34.1 Å². The Morgan fingerprint density at radius 3 is 1.38 bits per heavy atom. The molecule has 0 aliphatic heterocycles. The van der Waals surface area contributed by atoms with Gasteiger partial charge in [0.05, 0.1) is 5.92 Å². The second-order valence-electron chi connectivity index (χ2n) is 5.22. The Bertz CT molecular complexity index is 386. The smallest absolute Gasteiger partial charge is 0.372 e. The molecule has 0 saturated heterocycles. The fourth-order valence-corrected chi connectivity index (χ4v) is 1.40. The second-order valence-corrected chi connectivity index (χ2v) is 5.22. The van der Waals surface area contributed by atoms with Crippen LogP contribution in [-0.2, 0) is 19.2 Å². The van der Waals surface area contributed by atoms with Crippen LogP contribution < -0.4 is 0 Å². The van der Waals surface area contributed by atoms with Gasteiger partial charge in [-0.3, -0.25) is 9.59 Å². The van der Waals surface area contributed by atoms with E-state index in [9.17, 15) is 19.2 Å². The summed E-state index contributed by atoms with van der Waals surface area (Å²) in [5.74, 6) is -6.35. The maximum absolute atomic E-state index is 10.5. The first kappa shape index (κ1) is 21.3. The van der Waals surface area contributed by atoms with E-state index < -0.39 is 41.6 Å². The fraction of sp³-hybridized carbons (Fsp3) is 0.692. The number of carboxylic acids is 3. The summed E-state index contributed by atoms with van der Waals surface area (Å²) in [7, 11) is 0. The number of carbonyl (C=O) groups is 4. The third kappa shape index (κ3) is 9.55. The summed E-state index contributed by atoms with van der Waals surface area (Å²) in [5, 5.41) is 33.9. The molecule has 0 radical (unpaired) electrons. The fourth-order valence-electron chi connectivity index (χ4n) is 1.40. The summed E-state index contributed by atoms with van der Waals surface area (Å²) in [6, 6.07) is 0. The molecule has 2 atom stereocenters. The van der Waals surface area contributed by atoms with E-state index in [-0.39, 0.29) is 12.3 Å². The predicted molar refractivity (Wildman–Crippen MR) is 71.7 cm³/mol. The average Bonchev–Trinajstić information content (AvgIpc) is 2.27. The highest BCUT2D eigenvalue weighted by atomic mass is 16.4. The number of hydrogen-bond donors (Lipinski definition) is 4. The number of aliphatic hydroxyl groups is 1. The van der Waals surface area contributed by atoms with Crippen molar-refractivity contribution in [1.82, 2.24) is 0 Å². The van der Waals surface area contributed by atoms with Crippen molar-refractivity contribution in [1.29, 1.82) is 0 Å². The average molecular weight is 306 g/mol. The van der Waals surface area contributed by atoms with Crippen LogP contribution in [0.2, 0.25) is 0 Å². The van der Waals surface area contributed by atoms with Gasteiger partial charge in [0.2, 0.25) is 5.78 Å². The maximum atomic E-state index is 10.5. The van der Waals surface area contributed by atoms with Crippen molar-refractivity contribution in [3.8, 4) is 0 Å². The van der Waals surface area contributed by atoms with E-state index >= 15 is 0 Å². The van der Waals surface area contributed by atoms with Crippen molar-refractivity contribution < 1.29 is 39.6 Å². The molecule has 122 valence electrons. The Labute approximate surface area is 122 Å². The van der Waals surface area contributed by atoms with Crippen molar-refractivity contribution in [2.75, 3.05) is 0 Å². The molecule has 8 nitrogen and oxygen atoms in total. The van der Waals surface area contributed by atoms with Crippen molar-refractivity contribution in [2.24, 2.45) is 17.8 Å². The first-order chi connectivity index (χ1) is 9.41. The molecule has 0 aromatic heterocycles. The Kier molecular flexibility index (Phi) is 10.0. The maximum Gasteiger partial charge on any atom is 0.372 e. The lowest BCUT2D eigenvalue weighted by atomic mass is 9.90. The Hall–Kier alpha value is -1.96. The van der Waals surface area contributed by atoms with Gasteiger partial charge in [0.15, 0.2) is 6.10 Å². The third-order valence-electron chi connectivity index (χ3n) is 2.43. The SMILES string of the molecule is CC(C)C(C(=O)O)C(O)C(=O)O.CC(C)CC(=O)C(=O)O. The number of aliphatic hydroxyl groups excluding tert-OH is 1. The molecule has 0 saturated carbocycles. The van der Waals surface area contributed by atoms with Crippen LogP contribution in [0, 0.1) is 17.8 Å². The largest absolute Gasteiger partial charge is 0.481 e.